The quantitative estimate of drug-likeness (QED) is 0.524. The van der Waals surface area contributed by atoms with E-state index < -0.39 is 5.97 Å². The van der Waals surface area contributed by atoms with Gasteiger partial charge >= 0.3 is 5.97 Å². The van der Waals surface area contributed by atoms with E-state index in [4.69, 9.17) is 4.74 Å². The van der Waals surface area contributed by atoms with Gasteiger partial charge in [0.1, 0.15) is 11.5 Å². The summed E-state index contributed by atoms with van der Waals surface area (Å²) in [6, 6.07) is 16.5. The summed E-state index contributed by atoms with van der Waals surface area (Å²) in [5, 5.41) is 11.2. The summed E-state index contributed by atoms with van der Waals surface area (Å²) >= 11 is 1.20. The van der Waals surface area contributed by atoms with Gasteiger partial charge in [0.15, 0.2) is 10.8 Å². The molecule has 0 radical (unpaired) electrons. The van der Waals surface area contributed by atoms with Crippen LogP contribution in [-0.2, 0) is 0 Å². The molecule has 2 aromatic carbocycles. The summed E-state index contributed by atoms with van der Waals surface area (Å²) in [5.74, 6) is 0.423. The Balaban J connectivity index is 1.61. The van der Waals surface area contributed by atoms with Gasteiger partial charge in [-0.2, -0.15) is 0 Å². The predicted molar refractivity (Wildman–Crippen MR) is 120 cm³/mol. The maximum atomic E-state index is 13.5. The minimum Gasteiger partial charge on any atom is -0.476 e. The number of aromatic nitrogens is 1. The van der Waals surface area contributed by atoms with Gasteiger partial charge in [-0.1, -0.05) is 38.0 Å². The van der Waals surface area contributed by atoms with Gasteiger partial charge in [0.2, 0.25) is 0 Å². The van der Waals surface area contributed by atoms with Gasteiger partial charge in [-0.3, -0.25) is 9.69 Å². The number of carboxylic acids is 1. The number of rotatable bonds is 6. The van der Waals surface area contributed by atoms with Crippen LogP contribution >= 0.6 is 11.3 Å². The van der Waals surface area contributed by atoms with E-state index in [1.54, 1.807) is 29.2 Å². The number of ether oxygens (including phenoxy) is 1. The fourth-order valence-corrected chi connectivity index (χ4v) is 4.82. The molecule has 1 saturated carbocycles. The number of para-hydroxylation sites is 1. The normalized spacial score (nSPS) is 18.4. The fraction of sp³-hybridized carbons (Fsp3) is 0.292. The summed E-state index contributed by atoms with van der Waals surface area (Å²) < 4.78 is 5.82. The molecule has 1 aliphatic rings. The van der Waals surface area contributed by atoms with Crippen molar-refractivity contribution in [3.63, 3.8) is 0 Å². The number of benzene rings is 2. The number of nitrogens with zero attached hydrogens (tertiary/aromatic N) is 2. The van der Waals surface area contributed by atoms with E-state index in [9.17, 15) is 14.7 Å². The zero-order valence-electron chi connectivity index (χ0n) is 17.2. The average Bonchev–Trinajstić information content (AvgIpc) is 3.27. The maximum Gasteiger partial charge on any atom is 0.355 e. The third-order valence-corrected chi connectivity index (χ3v) is 6.45. The van der Waals surface area contributed by atoms with Crippen molar-refractivity contribution in [2.45, 2.75) is 38.6 Å². The van der Waals surface area contributed by atoms with Gasteiger partial charge in [0.05, 0.1) is 0 Å². The first kappa shape index (κ1) is 21.1. The van der Waals surface area contributed by atoms with Crippen LogP contribution in [0.5, 0.6) is 11.5 Å². The van der Waals surface area contributed by atoms with Crippen LogP contribution < -0.4 is 9.64 Å². The van der Waals surface area contributed by atoms with E-state index in [1.165, 1.54) is 16.7 Å². The molecule has 0 saturated heterocycles. The molecule has 1 heterocycles. The summed E-state index contributed by atoms with van der Waals surface area (Å²) in [5.41, 5.74) is 0.484. The Morgan fingerprint density at radius 1 is 1.03 bits per heavy atom. The minimum absolute atomic E-state index is 0.00529. The Kier molecular flexibility index (Phi) is 6.32. The highest BCUT2D eigenvalue weighted by Crippen LogP contribution is 2.34. The number of aromatic carboxylic acids is 1. The number of carboxylic acid groups (broad SMARTS) is 1. The topological polar surface area (TPSA) is 79.7 Å². The molecule has 6 nitrogen and oxygen atoms in total. The number of hydrogen-bond donors (Lipinski definition) is 1. The number of amides is 1. The van der Waals surface area contributed by atoms with Crippen molar-refractivity contribution in [3.05, 3.63) is 71.2 Å². The van der Waals surface area contributed by atoms with Crippen LogP contribution in [0, 0.1) is 5.92 Å². The molecule has 1 aromatic heterocycles. The first-order valence-corrected chi connectivity index (χ1v) is 11.3. The smallest absolute Gasteiger partial charge is 0.355 e. The fourth-order valence-electron chi connectivity index (χ4n) is 3.96. The largest absolute Gasteiger partial charge is 0.476 e. The molecule has 1 aliphatic carbocycles. The first-order valence-electron chi connectivity index (χ1n) is 10.4. The molecule has 160 valence electrons. The van der Waals surface area contributed by atoms with E-state index >= 15 is 0 Å². The van der Waals surface area contributed by atoms with Crippen LogP contribution in [0.4, 0.5) is 5.13 Å². The molecule has 0 bridgehead atoms. The molecule has 3 aromatic rings. The van der Waals surface area contributed by atoms with E-state index in [0.717, 1.165) is 31.4 Å². The number of carbonyl (C=O) groups is 2. The number of thiazole rings is 1. The Bertz CT molecular complexity index is 1050. The molecule has 4 rings (SSSR count). The Morgan fingerprint density at radius 2 is 1.71 bits per heavy atom. The Morgan fingerprint density at radius 3 is 2.35 bits per heavy atom. The highest BCUT2D eigenvalue weighted by molar-refractivity contribution is 7.14. The van der Waals surface area contributed by atoms with Gasteiger partial charge in [-0.25, -0.2) is 9.78 Å². The zero-order chi connectivity index (χ0) is 21.8. The van der Waals surface area contributed by atoms with Gasteiger partial charge in [-0.05, 0) is 55.2 Å². The molecule has 1 N–H and O–H groups in total. The van der Waals surface area contributed by atoms with Crippen LogP contribution in [0.15, 0.2) is 60.0 Å². The van der Waals surface area contributed by atoms with E-state index in [0.29, 0.717) is 22.4 Å². The highest BCUT2D eigenvalue weighted by atomic mass is 32.1. The third kappa shape index (κ3) is 4.77. The van der Waals surface area contributed by atoms with Crippen LogP contribution in [-0.4, -0.2) is 28.0 Å². The monoisotopic (exact) mass is 436 g/mol. The number of anilines is 1. The van der Waals surface area contributed by atoms with Gasteiger partial charge in [-0.15, -0.1) is 11.3 Å². The molecule has 31 heavy (non-hydrogen) atoms. The average molecular weight is 437 g/mol. The first-order chi connectivity index (χ1) is 15.0. The lowest BCUT2D eigenvalue weighted by atomic mass is 9.85. The summed E-state index contributed by atoms with van der Waals surface area (Å²) in [7, 11) is 0. The van der Waals surface area contributed by atoms with Gasteiger partial charge < -0.3 is 9.84 Å². The van der Waals surface area contributed by atoms with E-state index in [2.05, 4.69) is 11.9 Å². The molecule has 2 unspecified atom stereocenters. The van der Waals surface area contributed by atoms with E-state index in [1.807, 2.05) is 30.3 Å². The zero-order valence-corrected chi connectivity index (χ0v) is 18.0. The summed E-state index contributed by atoms with van der Waals surface area (Å²) in [6.07, 6.45) is 4.10. The lowest BCUT2D eigenvalue weighted by Crippen LogP contribution is -2.45. The second-order valence-corrected chi connectivity index (χ2v) is 8.60. The van der Waals surface area contributed by atoms with Gasteiger partial charge in [0, 0.05) is 17.0 Å². The van der Waals surface area contributed by atoms with Crippen LogP contribution in [0.2, 0.25) is 0 Å². The molecule has 7 heteroatoms. The SMILES string of the molecule is CC1CCCCC1N(C(=O)c1ccc(Oc2ccccc2)cc1)c1nc(C(=O)O)cs1. The third-order valence-electron chi connectivity index (χ3n) is 5.61. The lowest BCUT2D eigenvalue weighted by molar-refractivity contribution is 0.0690. The molecular weight excluding hydrogens is 412 g/mol. The van der Waals surface area contributed by atoms with Crippen molar-refractivity contribution in [1.29, 1.82) is 0 Å². The highest BCUT2D eigenvalue weighted by Gasteiger charge is 2.34. The molecular formula is C24H24N2O4S. The summed E-state index contributed by atoms with van der Waals surface area (Å²) in [4.78, 5) is 30.8. The van der Waals surface area contributed by atoms with Gasteiger partial charge in [0.25, 0.3) is 5.91 Å². The second kappa shape index (κ2) is 9.31. The molecule has 0 aliphatic heterocycles. The molecule has 1 amide bonds. The molecule has 2 atom stereocenters. The number of carbonyl (C=O) groups excluding carboxylic acids is 1. The maximum absolute atomic E-state index is 13.5. The van der Waals surface area contributed by atoms with E-state index in [-0.39, 0.29) is 17.6 Å². The predicted octanol–water partition coefficient (Wildman–Crippen LogP) is 5.86. The Labute approximate surface area is 185 Å². The molecule has 1 fully saturated rings. The van der Waals surface area contributed by atoms with Crippen LogP contribution in [0.1, 0.15) is 53.5 Å². The van der Waals surface area contributed by atoms with Crippen LogP contribution in [0.25, 0.3) is 0 Å². The van der Waals surface area contributed by atoms with Crippen molar-refractivity contribution in [2.24, 2.45) is 5.92 Å². The molecule has 0 spiro atoms. The number of hydrogen-bond acceptors (Lipinski definition) is 5. The van der Waals surface area contributed by atoms with Crippen molar-refractivity contribution in [1.82, 2.24) is 4.98 Å². The second-order valence-electron chi connectivity index (χ2n) is 7.76. The van der Waals surface area contributed by atoms with Crippen LogP contribution in [0.3, 0.4) is 0 Å². The van der Waals surface area contributed by atoms with Crippen molar-refractivity contribution < 1.29 is 19.4 Å². The lowest BCUT2D eigenvalue weighted by Gasteiger charge is -2.37. The van der Waals surface area contributed by atoms with Crippen molar-refractivity contribution >= 4 is 28.3 Å². The standard InChI is InChI=1S/C24H24N2O4S/c1-16-7-5-6-10-21(16)26(24-25-20(15-31-24)23(28)29)22(27)17-11-13-19(14-12-17)30-18-8-3-2-4-9-18/h2-4,8-9,11-16,21H,5-7,10H2,1H3,(H,28,29). The summed E-state index contributed by atoms with van der Waals surface area (Å²) in [6.45, 7) is 2.15. The van der Waals surface area contributed by atoms with Crippen molar-refractivity contribution in [3.8, 4) is 11.5 Å². The van der Waals surface area contributed by atoms with Crippen molar-refractivity contribution in [2.75, 3.05) is 4.90 Å². The minimum atomic E-state index is -1.09. The Hall–Kier alpha value is -3.19.